The van der Waals surface area contributed by atoms with E-state index in [4.69, 9.17) is 4.52 Å². The van der Waals surface area contributed by atoms with E-state index in [1.807, 2.05) is 20.0 Å². The number of aryl methyl sites for hydroxylation is 1. The van der Waals surface area contributed by atoms with Crippen LogP contribution >= 0.6 is 0 Å². The van der Waals surface area contributed by atoms with E-state index in [1.165, 1.54) is 0 Å². The maximum absolute atomic E-state index is 5.04. The van der Waals surface area contributed by atoms with Gasteiger partial charge in [-0.15, -0.1) is 0 Å². The van der Waals surface area contributed by atoms with Gasteiger partial charge in [0, 0.05) is 6.07 Å². The molecule has 0 aliphatic carbocycles. The van der Waals surface area contributed by atoms with Gasteiger partial charge < -0.3 is 9.84 Å². The Labute approximate surface area is 79.5 Å². The molecule has 0 spiro atoms. The Kier molecular flexibility index (Phi) is 3.48. The van der Waals surface area contributed by atoms with Crippen LogP contribution in [0.2, 0.25) is 0 Å². The molecular formula is C10H18N2O. The summed E-state index contributed by atoms with van der Waals surface area (Å²) in [4.78, 5) is 0. The standard InChI is InChI=1S/C10H18N2O/c1-7(2)5-9(11-4)10-6-8(3)13-12-10/h6-7,9,11H,5H2,1-4H3. The van der Waals surface area contributed by atoms with Gasteiger partial charge in [0.05, 0.1) is 6.04 Å². The lowest BCUT2D eigenvalue weighted by atomic mass is 10.0. The summed E-state index contributed by atoms with van der Waals surface area (Å²) in [6.45, 7) is 6.33. The van der Waals surface area contributed by atoms with Gasteiger partial charge in [0.1, 0.15) is 11.5 Å². The van der Waals surface area contributed by atoms with Crippen molar-refractivity contribution < 1.29 is 4.52 Å². The molecule has 1 unspecified atom stereocenters. The second kappa shape index (κ2) is 4.42. The Bertz CT molecular complexity index is 255. The van der Waals surface area contributed by atoms with Gasteiger partial charge in [0.25, 0.3) is 0 Å². The molecule has 0 amide bonds. The topological polar surface area (TPSA) is 38.1 Å². The minimum atomic E-state index is 0.317. The third kappa shape index (κ3) is 2.84. The van der Waals surface area contributed by atoms with Crippen LogP contribution in [0.3, 0.4) is 0 Å². The number of nitrogens with zero attached hydrogens (tertiary/aromatic N) is 1. The fourth-order valence-corrected chi connectivity index (χ4v) is 1.41. The van der Waals surface area contributed by atoms with Crippen LogP contribution in [0.15, 0.2) is 10.6 Å². The van der Waals surface area contributed by atoms with Gasteiger partial charge in [0.2, 0.25) is 0 Å². The van der Waals surface area contributed by atoms with Crippen molar-refractivity contribution in [3.8, 4) is 0 Å². The predicted octanol–water partition coefficient (Wildman–Crippen LogP) is 2.29. The van der Waals surface area contributed by atoms with Crippen LogP contribution in [0.25, 0.3) is 0 Å². The monoisotopic (exact) mass is 182 g/mol. The van der Waals surface area contributed by atoms with Crippen molar-refractivity contribution in [3.63, 3.8) is 0 Å². The van der Waals surface area contributed by atoms with Gasteiger partial charge in [-0.3, -0.25) is 0 Å². The average Bonchev–Trinajstić information content (AvgIpc) is 2.47. The van der Waals surface area contributed by atoms with E-state index in [0.717, 1.165) is 17.9 Å². The largest absolute Gasteiger partial charge is 0.361 e. The van der Waals surface area contributed by atoms with Gasteiger partial charge in [-0.25, -0.2) is 0 Å². The molecule has 0 saturated carbocycles. The zero-order chi connectivity index (χ0) is 9.84. The Morgan fingerprint density at radius 3 is 2.62 bits per heavy atom. The molecule has 1 aromatic rings. The van der Waals surface area contributed by atoms with Gasteiger partial charge in [-0.2, -0.15) is 0 Å². The van der Waals surface area contributed by atoms with Crippen molar-refractivity contribution in [1.82, 2.24) is 10.5 Å². The van der Waals surface area contributed by atoms with Crippen molar-refractivity contribution in [2.75, 3.05) is 7.05 Å². The highest BCUT2D eigenvalue weighted by molar-refractivity contribution is 5.08. The van der Waals surface area contributed by atoms with Crippen LogP contribution in [0.5, 0.6) is 0 Å². The van der Waals surface area contributed by atoms with Crippen molar-refractivity contribution in [3.05, 3.63) is 17.5 Å². The third-order valence-electron chi connectivity index (χ3n) is 2.06. The highest BCUT2D eigenvalue weighted by Crippen LogP contribution is 2.20. The first-order valence-electron chi connectivity index (χ1n) is 4.74. The van der Waals surface area contributed by atoms with E-state index >= 15 is 0 Å². The van der Waals surface area contributed by atoms with Crippen molar-refractivity contribution >= 4 is 0 Å². The SMILES string of the molecule is CNC(CC(C)C)c1cc(C)on1. The molecule has 0 fully saturated rings. The minimum Gasteiger partial charge on any atom is -0.361 e. The van der Waals surface area contributed by atoms with Crippen LogP contribution < -0.4 is 5.32 Å². The molecule has 1 aromatic heterocycles. The van der Waals surface area contributed by atoms with Crippen LogP contribution in [0, 0.1) is 12.8 Å². The van der Waals surface area contributed by atoms with E-state index in [2.05, 4.69) is 24.3 Å². The number of aromatic nitrogens is 1. The second-order valence-corrected chi connectivity index (χ2v) is 3.83. The van der Waals surface area contributed by atoms with Gasteiger partial charge in [-0.1, -0.05) is 19.0 Å². The minimum absolute atomic E-state index is 0.317. The molecule has 74 valence electrons. The zero-order valence-electron chi connectivity index (χ0n) is 8.79. The summed E-state index contributed by atoms with van der Waals surface area (Å²) in [6, 6.07) is 2.31. The predicted molar refractivity (Wildman–Crippen MR) is 52.5 cm³/mol. The average molecular weight is 182 g/mol. The maximum atomic E-state index is 5.04. The van der Waals surface area contributed by atoms with E-state index in [0.29, 0.717) is 12.0 Å². The molecule has 0 aliphatic rings. The Hall–Kier alpha value is -0.830. The van der Waals surface area contributed by atoms with Crippen molar-refractivity contribution in [2.45, 2.75) is 33.2 Å². The molecule has 3 nitrogen and oxygen atoms in total. The molecule has 13 heavy (non-hydrogen) atoms. The summed E-state index contributed by atoms with van der Waals surface area (Å²) in [6.07, 6.45) is 1.09. The molecule has 0 saturated heterocycles. The van der Waals surface area contributed by atoms with Gasteiger partial charge in [0.15, 0.2) is 0 Å². The molecule has 3 heteroatoms. The highest BCUT2D eigenvalue weighted by atomic mass is 16.5. The third-order valence-corrected chi connectivity index (χ3v) is 2.06. The van der Waals surface area contributed by atoms with Crippen LogP contribution in [-0.4, -0.2) is 12.2 Å². The fraction of sp³-hybridized carbons (Fsp3) is 0.700. The van der Waals surface area contributed by atoms with Crippen molar-refractivity contribution in [2.24, 2.45) is 5.92 Å². The van der Waals surface area contributed by atoms with E-state index in [1.54, 1.807) is 0 Å². The fourth-order valence-electron chi connectivity index (χ4n) is 1.41. The molecule has 1 rings (SSSR count). The summed E-state index contributed by atoms with van der Waals surface area (Å²) in [5.74, 6) is 1.54. The molecular weight excluding hydrogens is 164 g/mol. The summed E-state index contributed by atoms with van der Waals surface area (Å²) >= 11 is 0. The maximum Gasteiger partial charge on any atom is 0.133 e. The first kappa shape index (κ1) is 10.3. The molecule has 1 N–H and O–H groups in total. The van der Waals surface area contributed by atoms with Crippen LogP contribution in [0.4, 0.5) is 0 Å². The van der Waals surface area contributed by atoms with Gasteiger partial charge in [-0.05, 0) is 26.3 Å². The van der Waals surface area contributed by atoms with E-state index in [-0.39, 0.29) is 0 Å². The number of nitrogens with one attached hydrogen (secondary N) is 1. The zero-order valence-corrected chi connectivity index (χ0v) is 8.79. The summed E-state index contributed by atoms with van der Waals surface area (Å²) in [5, 5.41) is 7.24. The van der Waals surface area contributed by atoms with E-state index in [9.17, 15) is 0 Å². The lowest BCUT2D eigenvalue weighted by Gasteiger charge is -2.14. The number of hydrogen-bond donors (Lipinski definition) is 1. The van der Waals surface area contributed by atoms with Crippen LogP contribution in [0.1, 0.15) is 37.8 Å². The van der Waals surface area contributed by atoms with Gasteiger partial charge >= 0.3 is 0 Å². The summed E-state index contributed by atoms with van der Waals surface area (Å²) < 4.78 is 5.04. The molecule has 0 radical (unpaired) electrons. The Morgan fingerprint density at radius 2 is 2.23 bits per heavy atom. The van der Waals surface area contributed by atoms with Crippen LogP contribution in [-0.2, 0) is 0 Å². The lowest BCUT2D eigenvalue weighted by Crippen LogP contribution is -2.18. The molecule has 1 atom stereocenters. The lowest BCUT2D eigenvalue weighted by molar-refractivity contribution is 0.368. The summed E-state index contributed by atoms with van der Waals surface area (Å²) in [7, 11) is 1.96. The second-order valence-electron chi connectivity index (χ2n) is 3.83. The van der Waals surface area contributed by atoms with Crippen molar-refractivity contribution in [1.29, 1.82) is 0 Å². The normalized spacial score (nSPS) is 13.6. The first-order valence-corrected chi connectivity index (χ1v) is 4.74. The molecule has 0 aliphatic heterocycles. The summed E-state index contributed by atoms with van der Waals surface area (Å²) in [5.41, 5.74) is 1.01. The smallest absolute Gasteiger partial charge is 0.133 e. The number of hydrogen-bond acceptors (Lipinski definition) is 3. The highest BCUT2D eigenvalue weighted by Gasteiger charge is 2.14. The van der Waals surface area contributed by atoms with E-state index < -0.39 is 0 Å². The molecule has 0 aromatic carbocycles. The molecule has 1 heterocycles. The Balaban J connectivity index is 2.66. The Morgan fingerprint density at radius 1 is 1.54 bits per heavy atom. The number of rotatable bonds is 4. The molecule has 0 bridgehead atoms. The quantitative estimate of drug-likeness (QED) is 0.776. The first-order chi connectivity index (χ1) is 6.13.